The van der Waals surface area contributed by atoms with Gasteiger partial charge in [-0.25, -0.2) is 4.79 Å². The van der Waals surface area contributed by atoms with E-state index in [4.69, 9.17) is 20.8 Å². The summed E-state index contributed by atoms with van der Waals surface area (Å²) in [4.78, 5) is 13.9. The van der Waals surface area contributed by atoms with Crippen LogP contribution in [0.4, 0.5) is 5.69 Å². The van der Waals surface area contributed by atoms with Gasteiger partial charge >= 0.3 is 5.63 Å². The first kappa shape index (κ1) is 13.4. The van der Waals surface area contributed by atoms with Crippen molar-refractivity contribution < 1.29 is 9.15 Å². The van der Waals surface area contributed by atoms with Crippen LogP contribution in [0.15, 0.2) is 15.3 Å². The maximum atomic E-state index is 11.8. The van der Waals surface area contributed by atoms with E-state index in [1.54, 1.807) is 0 Å². The lowest BCUT2D eigenvalue weighted by Gasteiger charge is -2.30. The third-order valence-corrected chi connectivity index (χ3v) is 3.31. The smallest absolute Gasteiger partial charge is 0.357 e. The number of halogens is 1. The van der Waals surface area contributed by atoms with Crippen LogP contribution in [0.3, 0.4) is 0 Å². The number of rotatable bonds is 1. The minimum Gasteiger partial charge on any atom is -0.426 e. The van der Waals surface area contributed by atoms with Crippen LogP contribution in [-0.4, -0.2) is 26.3 Å². The second-order valence-corrected chi connectivity index (χ2v) is 5.82. The topological polar surface area (TPSA) is 42.7 Å². The molecule has 0 aliphatic carbocycles. The highest BCUT2D eigenvalue weighted by molar-refractivity contribution is 6.33. The van der Waals surface area contributed by atoms with Gasteiger partial charge in [0.05, 0.1) is 18.9 Å². The van der Waals surface area contributed by atoms with Crippen molar-refractivity contribution in [3.8, 4) is 0 Å². The van der Waals surface area contributed by atoms with Gasteiger partial charge < -0.3 is 14.1 Å². The maximum Gasteiger partial charge on any atom is 0.357 e. The van der Waals surface area contributed by atoms with E-state index < -0.39 is 5.63 Å². The van der Waals surface area contributed by atoms with Crippen LogP contribution >= 0.6 is 11.6 Å². The Labute approximate surface area is 111 Å². The molecule has 0 spiro atoms. The second kappa shape index (κ2) is 4.94. The third kappa shape index (κ3) is 2.70. The van der Waals surface area contributed by atoms with Gasteiger partial charge in [-0.05, 0) is 0 Å². The molecule has 0 amide bonds. The molecule has 1 aromatic heterocycles. The first-order chi connectivity index (χ1) is 8.39. The Kier molecular flexibility index (Phi) is 3.69. The van der Waals surface area contributed by atoms with Gasteiger partial charge in [-0.2, -0.15) is 0 Å². The van der Waals surface area contributed by atoms with E-state index >= 15 is 0 Å². The Morgan fingerprint density at radius 2 is 1.89 bits per heavy atom. The lowest BCUT2D eigenvalue weighted by atomic mass is 9.92. The zero-order valence-electron chi connectivity index (χ0n) is 11.0. The van der Waals surface area contributed by atoms with Crippen LogP contribution in [0.25, 0.3) is 0 Å². The first-order valence-corrected chi connectivity index (χ1v) is 6.44. The van der Waals surface area contributed by atoms with Gasteiger partial charge in [0, 0.05) is 24.6 Å². The van der Waals surface area contributed by atoms with Crippen LogP contribution in [0.1, 0.15) is 26.5 Å². The van der Waals surface area contributed by atoms with E-state index in [1.165, 1.54) is 0 Å². The quantitative estimate of drug-likeness (QED) is 0.787. The molecule has 0 saturated carbocycles. The zero-order valence-corrected chi connectivity index (χ0v) is 11.7. The van der Waals surface area contributed by atoms with Crippen molar-refractivity contribution in [2.75, 3.05) is 31.2 Å². The first-order valence-electron chi connectivity index (χ1n) is 6.06. The van der Waals surface area contributed by atoms with Gasteiger partial charge in [0.25, 0.3) is 0 Å². The Bertz CT molecular complexity index is 484. The normalized spacial score (nSPS) is 17.0. The summed E-state index contributed by atoms with van der Waals surface area (Å²) in [5.74, 6) is 0.651. The van der Waals surface area contributed by atoms with E-state index in [0.717, 1.165) is 18.8 Å². The highest BCUT2D eigenvalue weighted by atomic mass is 35.5. The molecule has 4 nitrogen and oxygen atoms in total. The van der Waals surface area contributed by atoms with Gasteiger partial charge in [0.1, 0.15) is 10.8 Å². The molecule has 0 N–H and O–H groups in total. The Balaban J connectivity index is 2.45. The van der Waals surface area contributed by atoms with Crippen LogP contribution in [0, 0.1) is 0 Å². The Morgan fingerprint density at radius 3 is 2.44 bits per heavy atom. The molecule has 2 heterocycles. The molecule has 1 aliphatic rings. The van der Waals surface area contributed by atoms with Crippen molar-refractivity contribution in [1.82, 2.24) is 0 Å². The number of hydrogen-bond acceptors (Lipinski definition) is 4. The predicted molar refractivity (Wildman–Crippen MR) is 71.7 cm³/mol. The fourth-order valence-electron chi connectivity index (χ4n) is 1.87. The molecule has 1 saturated heterocycles. The van der Waals surface area contributed by atoms with Gasteiger partial charge in [-0.1, -0.05) is 32.4 Å². The molecule has 100 valence electrons. The molecule has 0 radical (unpaired) electrons. The van der Waals surface area contributed by atoms with Crippen molar-refractivity contribution in [3.63, 3.8) is 0 Å². The fraction of sp³-hybridized carbons (Fsp3) is 0.615. The molecule has 0 unspecified atom stereocenters. The van der Waals surface area contributed by atoms with E-state index in [-0.39, 0.29) is 10.4 Å². The van der Waals surface area contributed by atoms with Crippen molar-refractivity contribution in [3.05, 3.63) is 27.3 Å². The number of nitrogens with zero attached hydrogens (tertiary/aromatic N) is 1. The summed E-state index contributed by atoms with van der Waals surface area (Å²) in [6, 6.07) is 1.87. The lowest BCUT2D eigenvalue weighted by Crippen LogP contribution is -2.37. The summed E-state index contributed by atoms with van der Waals surface area (Å²) in [7, 11) is 0. The summed E-state index contributed by atoms with van der Waals surface area (Å²) >= 11 is 6.06. The molecule has 1 aromatic rings. The zero-order chi connectivity index (χ0) is 13.3. The van der Waals surface area contributed by atoms with Gasteiger partial charge in [-0.3, -0.25) is 0 Å². The van der Waals surface area contributed by atoms with E-state index in [1.807, 2.05) is 26.8 Å². The number of ether oxygens (including phenoxy) is 1. The summed E-state index contributed by atoms with van der Waals surface area (Å²) in [6.45, 7) is 8.80. The average Bonchev–Trinajstić information content (AvgIpc) is 2.32. The number of morpholine rings is 1. The lowest BCUT2D eigenvalue weighted by molar-refractivity contribution is 0.122. The minimum absolute atomic E-state index is 0.157. The van der Waals surface area contributed by atoms with Crippen LogP contribution in [-0.2, 0) is 10.2 Å². The highest BCUT2D eigenvalue weighted by Crippen LogP contribution is 2.29. The van der Waals surface area contributed by atoms with Crippen LogP contribution in [0.5, 0.6) is 0 Å². The predicted octanol–water partition coefficient (Wildman–Crippen LogP) is 2.43. The second-order valence-electron chi connectivity index (χ2n) is 5.45. The van der Waals surface area contributed by atoms with Crippen LogP contribution in [0.2, 0.25) is 5.02 Å². The average molecular weight is 272 g/mol. The monoisotopic (exact) mass is 271 g/mol. The van der Waals surface area contributed by atoms with Crippen molar-refractivity contribution in [2.24, 2.45) is 0 Å². The number of anilines is 1. The summed E-state index contributed by atoms with van der Waals surface area (Å²) in [6.07, 6.45) is 0. The summed E-state index contributed by atoms with van der Waals surface area (Å²) in [5.41, 5.74) is 0.0665. The molecule has 0 aromatic carbocycles. The van der Waals surface area contributed by atoms with Crippen molar-refractivity contribution >= 4 is 17.3 Å². The molecule has 1 aliphatic heterocycles. The third-order valence-electron chi connectivity index (χ3n) is 2.97. The summed E-state index contributed by atoms with van der Waals surface area (Å²) < 4.78 is 10.6. The molecule has 18 heavy (non-hydrogen) atoms. The molecule has 0 bridgehead atoms. The van der Waals surface area contributed by atoms with E-state index in [2.05, 4.69) is 4.90 Å². The molecular weight excluding hydrogens is 254 g/mol. The Hall–Kier alpha value is -1.00. The van der Waals surface area contributed by atoms with Crippen molar-refractivity contribution in [2.45, 2.75) is 26.2 Å². The molecule has 1 fully saturated rings. The highest BCUT2D eigenvalue weighted by Gasteiger charge is 2.23. The maximum absolute atomic E-state index is 11.8. The Morgan fingerprint density at radius 1 is 1.28 bits per heavy atom. The number of hydrogen-bond donors (Lipinski definition) is 0. The van der Waals surface area contributed by atoms with Gasteiger partial charge in [0.2, 0.25) is 0 Å². The molecular formula is C13H18ClNO3. The standard InChI is InChI=1S/C13H18ClNO3/c1-13(2,3)10-8-9(11(14)12(16)18-10)15-4-6-17-7-5-15/h8H,4-7H2,1-3H3. The van der Waals surface area contributed by atoms with Crippen LogP contribution < -0.4 is 10.5 Å². The molecule has 2 rings (SSSR count). The fourth-order valence-corrected chi connectivity index (χ4v) is 2.08. The molecule has 5 heteroatoms. The van der Waals surface area contributed by atoms with Gasteiger partial charge in [0.15, 0.2) is 0 Å². The summed E-state index contributed by atoms with van der Waals surface area (Å²) in [5, 5.41) is 0.157. The van der Waals surface area contributed by atoms with Crippen molar-refractivity contribution in [1.29, 1.82) is 0 Å². The largest absolute Gasteiger partial charge is 0.426 e. The molecule has 0 atom stereocenters. The van der Waals surface area contributed by atoms with E-state index in [9.17, 15) is 4.79 Å². The SMILES string of the molecule is CC(C)(C)c1cc(N2CCOCC2)c(Cl)c(=O)o1. The minimum atomic E-state index is -0.467. The van der Waals surface area contributed by atoms with E-state index in [0.29, 0.717) is 19.0 Å². The van der Waals surface area contributed by atoms with Gasteiger partial charge in [-0.15, -0.1) is 0 Å².